The maximum absolute atomic E-state index is 9.73. The first-order valence-corrected chi connectivity index (χ1v) is 7.36. The highest BCUT2D eigenvalue weighted by molar-refractivity contribution is 6.32. The van der Waals surface area contributed by atoms with E-state index in [4.69, 9.17) is 26.8 Å². The van der Waals surface area contributed by atoms with Gasteiger partial charge in [-0.1, -0.05) is 31.0 Å². The molecule has 0 aliphatic rings. The summed E-state index contributed by atoms with van der Waals surface area (Å²) in [5.41, 5.74) is 6.73. The number of aliphatic hydroxyl groups is 1. The summed E-state index contributed by atoms with van der Waals surface area (Å²) in [5.74, 6) is 0.545. The summed E-state index contributed by atoms with van der Waals surface area (Å²) in [6, 6.07) is 5.35. The molecule has 1 unspecified atom stereocenters. The Bertz CT molecular complexity index is 399. The zero-order chi connectivity index (χ0) is 15.0. The molecule has 4 nitrogen and oxygen atoms in total. The van der Waals surface area contributed by atoms with E-state index >= 15 is 0 Å². The summed E-state index contributed by atoms with van der Waals surface area (Å²) in [7, 11) is 0. The van der Waals surface area contributed by atoms with Crippen LogP contribution in [0.15, 0.2) is 18.2 Å². The Labute approximate surface area is 125 Å². The molecule has 20 heavy (non-hydrogen) atoms. The third-order valence-electron chi connectivity index (χ3n) is 2.87. The van der Waals surface area contributed by atoms with Crippen LogP contribution < -0.4 is 10.5 Å². The Morgan fingerprint density at radius 3 is 2.70 bits per heavy atom. The monoisotopic (exact) mass is 301 g/mol. The first-order chi connectivity index (χ1) is 9.54. The molecule has 0 aliphatic heterocycles. The van der Waals surface area contributed by atoms with Gasteiger partial charge in [0.25, 0.3) is 0 Å². The van der Waals surface area contributed by atoms with Crippen molar-refractivity contribution >= 4 is 11.6 Å². The highest BCUT2D eigenvalue weighted by Crippen LogP contribution is 2.27. The molecule has 2 atom stereocenters. The number of ether oxygens (including phenoxy) is 2. The number of hydrogen-bond acceptors (Lipinski definition) is 4. The van der Waals surface area contributed by atoms with E-state index in [1.54, 1.807) is 12.1 Å². The van der Waals surface area contributed by atoms with E-state index in [2.05, 4.69) is 6.92 Å². The van der Waals surface area contributed by atoms with Crippen molar-refractivity contribution in [3.05, 3.63) is 28.8 Å². The summed E-state index contributed by atoms with van der Waals surface area (Å²) in [5, 5.41) is 10.2. The van der Waals surface area contributed by atoms with E-state index in [1.165, 1.54) is 0 Å². The Morgan fingerprint density at radius 2 is 2.10 bits per heavy atom. The topological polar surface area (TPSA) is 64.7 Å². The van der Waals surface area contributed by atoms with Gasteiger partial charge in [-0.25, -0.2) is 0 Å². The minimum atomic E-state index is -0.656. The molecule has 0 radical (unpaired) electrons. The highest BCUT2D eigenvalue weighted by atomic mass is 35.5. The van der Waals surface area contributed by atoms with E-state index in [-0.39, 0.29) is 19.3 Å². The standard InChI is InChI=1S/C15H24ClNO3/c1-3-4-7-19-9-13(18)10-20-15-6-5-12(11(2)17)8-14(15)16/h5-6,8,11,13,18H,3-4,7,9-10,17H2,1-2H3/t11-,13?/m1/s1. The van der Waals surface area contributed by atoms with Gasteiger partial charge in [-0.15, -0.1) is 0 Å². The van der Waals surface area contributed by atoms with Crippen LogP contribution in [-0.4, -0.2) is 31.0 Å². The molecular weight excluding hydrogens is 278 g/mol. The fraction of sp³-hybridized carbons (Fsp3) is 0.600. The predicted molar refractivity (Wildman–Crippen MR) is 81.3 cm³/mol. The van der Waals surface area contributed by atoms with Crippen molar-refractivity contribution in [1.29, 1.82) is 0 Å². The lowest BCUT2D eigenvalue weighted by atomic mass is 10.1. The molecule has 0 spiro atoms. The van der Waals surface area contributed by atoms with Crippen LogP contribution in [0.25, 0.3) is 0 Å². The lowest BCUT2D eigenvalue weighted by Crippen LogP contribution is -2.23. The smallest absolute Gasteiger partial charge is 0.138 e. The van der Waals surface area contributed by atoms with Gasteiger partial charge < -0.3 is 20.3 Å². The van der Waals surface area contributed by atoms with Gasteiger partial charge in [-0.3, -0.25) is 0 Å². The summed E-state index contributed by atoms with van der Waals surface area (Å²) >= 11 is 6.11. The molecule has 0 bridgehead atoms. The molecule has 0 fully saturated rings. The number of benzene rings is 1. The van der Waals surface area contributed by atoms with Crippen molar-refractivity contribution in [2.75, 3.05) is 19.8 Å². The molecule has 0 heterocycles. The third kappa shape index (κ3) is 6.09. The zero-order valence-electron chi connectivity index (χ0n) is 12.1. The van der Waals surface area contributed by atoms with E-state index in [0.29, 0.717) is 17.4 Å². The molecule has 0 aromatic heterocycles. The Kier molecular flexibility index (Phi) is 7.92. The van der Waals surface area contributed by atoms with Crippen LogP contribution >= 0.6 is 11.6 Å². The first-order valence-electron chi connectivity index (χ1n) is 6.98. The van der Waals surface area contributed by atoms with Gasteiger partial charge in [0.15, 0.2) is 0 Å². The lowest BCUT2D eigenvalue weighted by Gasteiger charge is -2.14. The minimum Gasteiger partial charge on any atom is -0.489 e. The van der Waals surface area contributed by atoms with Gasteiger partial charge in [0, 0.05) is 12.6 Å². The van der Waals surface area contributed by atoms with Crippen LogP contribution in [0.2, 0.25) is 5.02 Å². The number of nitrogens with two attached hydrogens (primary N) is 1. The van der Waals surface area contributed by atoms with E-state index in [1.807, 2.05) is 13.0 Å². The van der Waals surface area contributed by atoms with Crippen molar-refractivity contribution in [3.8, 4) is 5.75 Å². The van der Waals surface area contributed by atoms with Crippen LogP contribution in [-0.2, 0) is 4.74 Å². The fourth-order valence-electron chi connectivity index (χ4n) is 1.62. The normalized spacial score (nSPS) is 14.1. The van der Waals surface area contributed by atoms with Gasteiger partial charge in [0.05, 0.1) is 11.6 Å². The SMILES string of the molecule is CCCCOCC(O)COc1ccc([C@@H](C)N)cc1Cl. The second kappa shape index (κ2) is 9.19. The Morgan fingerprint density at radius 1 is 1.35 bits per heavy atom. The van der Waals surface area contributed by atoms with Gasteiger partial charge in [-0.05, 0) is 31.0 Å². The van der Waals surface area contributed by atoms with Crippen LogP contribution in [0, 0.1) is 0 Å². The van der Waals surface area contributed by atoms with Crippen LogP contribution in [0.3, 0.4) is 0 Å². The van der Waals surface area contributed by atoms with Gasteiger partial charge in [-0.2, -0.15) is 0 Å². The van der Waals surface area contributed by atoms with Gasteiger partial charge in [0.1, 0.15) is 18.5 Å². The molecule has 114 valence electrons. The number of aliphatic hydroxyl groups excluding tert-OH is 1. The average molecular weight is 302 g/mol. The number of unbranched alkanes of at least 4 members (excludes halogenated alkanes) is 1. The lowest BCUT2D eigenvalue weighted by molar-refractivity contribution is 0.0113. The second-order valence-electron chi connectivity index (χ2n) is 4.87. The molecule has 0 aliphatic carbocycles. The van der Waals surface area contributed by atoms with Crippen molar-refractivity contribution in [3.63, 3.8) is 0 Å². The first kappa shape index (κ1) is 17.2. The molecule has 5 heteroatoms. The predicted octanol–water partition coefficient (Wildman–Crippen LogP) is 2.92. The quantitative estimate of drug-likeness (QED) is 0.688. The summed E-state index contributed by atoms with van der Waals surface area (Å²) in [6.07, 6.45) is 1.42. The number of hydrogen-bond donors (Lipinski definition) is 2. The van der Waals surface area contributed by atoms with Crippen molar-refractivity contribution in [2.24, 2.45) is 5.73 Å². The maximum atomic E-state index is 9.73. The Hall–Kier alpha value is -0.810. The minimum absolute atomic E-state index is 0.0703. The maximum Gasteiger partial charge on any atom is 0.138 e. The van der Waals surface area contributed by atoms with Crippen LogP contribution in [0.5, 0.6) is 5.75 Å². The second-order valence-corrected chi connectivity index (χ2v) is 5.28. The fourth-order valence-corrected chi connectivity index (χ4v) is 1.86. The molecule has 1 aromatic carbocycles. The van der Waals surface area contributed by atoms with Crippen LogP contribution in [0.4, 0.5) is 0 Å². The van der Waals surface area contributed by atoms with Crippen LogP contribution in [0.1, 0.15) is 38.3 Å². The van der Waals surface area contributed by atoms with Crippen molar-refractivity contribution < 1.29 is 14.6 Å². The number of rotatable bonds is 9. The van der Waals surface area contributed by atoms with E-state index in [9.17, 15) is 5.11 Å². The molecule has 0 saturated heterocycles. The molecule has 1 rings (SSSR count). The molecule has 0 saturated carbocycles. The number of halogens is 1. The molecule has 1 aromatic rings. The van der Waals surface area contributed by atoms with Crippen molar-refractivity contribution in [2.45, 2.75) is 38.8 Å². The average Bonchev–Trinajstić information content (AvgIpc) is 2.42. The highest BCUT2D eigenvalue weighted by Gasteiger charge is 2.09. The third-order valence-corrected chi connectivity index (χ3v) is 3.16. The molecule has 0 amide bonds. The summed E-state index contributed by atoms with van der Waals surface area (Å²) in [4.78, 5) is 0. The largest absolute Gasteiger partial charge is 0.489 e. The van der Waals surface area contributed by atoms with E-state index < -0.39 is 6.10 Å². The molecule has 3 N–H and O–H groups in total. The molecular formula is C15H24ClNO3. The Balaban J connectivity index is 2.37. The van der Waals surface area contributed by atoms with Gasteiger partial charge in [0.2, 0.25) is 0 Å². The summed E-state index contributed by atoms with van der Waals surface area (Å²) in [6.45, 7) is 5.08. The van der Waals surface area contributed by atoms with Gasteiger partial charge >= 0.3 is 0 Å². The summed E-state index contributed by atoms with van der Waals surface area (Å²) < 4.78 is 10.8. The van der Waals surface area contributed by atoms with E-state index in [0.717, 1.165) is 18.4 Å². The zero-order valence-corrected chi connectivity index (χ0v) is 12.9. The van der Waals surface area contributed by atoms with Crippen molar-refractivity contribution in [1.82, 2.24) is 0 Å².